The Hall–Kier alpha value is -2.38. The van der Waals surface area contributed by atoms with Crippen LogP contribution in [0.3, 0.4) is 0 Å². The molecule has 2 aromatic carbocycles. The van der Waals surface area contributed by atoms with Crippen LogP contribution in [0, 0.1) is 11.3 Å². The van der Waals surface area contributed by atoms with Crippen molar-refractivity contribution in [2.24, 2.45) is 0 Å². The van der Waals surface area contributed by atoms with E-state index >= 15 is 0 Å². The van der Waals surface area contributed by atoms with Crippen molar-refractivity contribution in [2.75, 3.05) is 24.7 Å². The van der Waals surface area contributed by atoms with Crippen molar-refractivity contribution in [1.29, 1.82) is 5.26 Å². The summed E-state index contributed by atoms with van der Waals surface area (Å²) in [6, 6.07) is 14.2. The van der Waals surface area contributed by atoms with Gasteiger partial charge in [0.05, 0.1) is 16.6 Å². The van der Waals surface area contributed by atoms with Gasteiger partial charge < -0.3 is 14.4 Å². The molecule has 1 atom stereocenters. The molecule has 24 heavy (non-hydrogen) atoms. The summed E-state index contributed by atoms with van der Waals surface area (Å²) < 4.78 is 11.3. The van der Waals surface area contributed by atoms with Crippen molar-refractivity contribution in [1.82, 2.24) is 0 Å². The molecular formula is C19H17ClN2O2. The van der Waals surface area contributed by atoms with E-state index in [1.54, 1.807) is 6.07 Å². The van der Waals surface area contributed by atoms with Gasteiger partial charge in [0.1, 0.15) is 19.3 Å². The highest BCUT2D eigenvalue weighted by Gasteiger charge is 2.28. The maximum atomic E-state index is 9.04. The Morgan fingerprint density at radius 3 is 2.71 bits per heavy atom. The summed E-state index contributed by atoms with van der Waals surface area (Å²) in [5, 5.41) is 9.55. The average molecular weight is 341 g/mol. The molecule has 0 aliphatic carbocycles. The van der Waals surface area contributed by atoms with Gasteiger partial charge in [-0.25, -0.2) is 0 Å². The Morgan fingerprint density at radius 2 is 1.92 bits per heavy atom. The Kier molecular flexibility index (Phi) is 3.95. The lowest BCUT2D eigenvalue weighted by Gasteiger charge is -2.28. The predicted octanol–water partition coefficient (Wildman–Crippen LogP) is 4.32. The molecule has 0 spiro atoms. The molecular weight excluding hydrogens is 324 g/mol. The molecule has 2 aliphatic heterocycles. The highest BCUT2D eigenvalue weighted by Crippen LogP contribution is 2.40. The third-order valence-electron chi connectivity index (χ3n) is 4.61. The quantitative estimate of drug-likeness (QED) is 0.816. The predicted molar refractivity (Wildman–Crippen MR) is 92.9 cm³/mol. The second-order valence-electron chi connectivity index (χ2n) is 6.03. The number of fused-ring (bicyclic) bond motifs is 1. The van der Waals surface area contributed by atoms with E-state index in [0.29, 0.717) is 23.8 Å². The molecule has 0 aromatic heterocycles. The number of rotatable bonds is 2. The van der Waals surface area contributed by atoms with E-state index in [1.165, 1.54) is 5.56 Å². The zero-order chi connectivity index (χ0) is 16.5. The summed E-state index contributed by atoms with van der Waals surface area (Å²) >= 11 is 6.21. The van der Waals surface area contributed by atoms with Crippen LogP contribution in [0.2, 0.25) is 5.02 Å². The van der Waals surface area contributed by atoms with Crippen LogP contribution < -0.4 is 14.4 Å². The van der Waals surface area contributed by atoms with Gasteiger partial charge in [0.25, 0.3) is 0 Å². The van der Waals surface area contributed by atoms with Crippen LogP contribution in [0.25, 0.3) is 0 Å². The molecule has 2 aliphatic rings. The Labute approximate surface area is 146 Å². The summed E-state index contributed by atoms with van der Waals surface area (Å²) in [5.41, 5.74) is 2.78. The van der Waals surface area contributed by atoms with Crippen molar-refractivity contribution in [3.05, 3.63) is 52.5 Å². The normalized spacial score (nSPS) is 19.2. The number of nitrogens with zero attached hydrogens (tertiary/aromatic N) is 2. The molecule has 0 bridgehead atoms. The number of benzene rings is 2. The zero-order valence-electron chi connectivity index (χ0n) is 13.2. The van der Waals surface area contributed by atoms with E-state index in [9.17, 15) is 0 Å². The first-order valence-corrected chi connectivity index (χ1v) is 8.50. The van der Waals surface area contributed by atoms with E-state index in [-0.39, 0.29) is 6.04 Å². The lowest BCUT2D eigenvalue weighted by atomic mass is 10.0. The molecule has 0 saturated carbocycles. The highest BCUT2D eigenvalue weighted by molar-refractivity contribution is 6.32. The van der Waals surface area contributed by atoms with E-state index in [0.717, 1.165) is 36.6 Å². The van der Waals surface area contributed by atoms with Gasteiger partial charge in [-0.2, -0.15) is 5.26 Å². The third-order valence-corrected chi connectivity index (χ3v) is 4.92. The lowest BCUT2D eigenvalue weighted by molar-refractivity contribution is 0.171. The fourth-order valence-corrected chi connectivity index (χ4v) is 3.68. The van der Waals surface area contributed by atoms with E-state index in [4.69, 9.17) is 26.3 Å². The number of halogens is 1. The molecule has 1 fully saturated rings. The number of nitriles is 1. The molecule has 2 aromatic rings. The number of ether oxygens (including phenoxy) is 2. The second kappa shape index (κ2) is 6.26. The standard InChI is InChI=1S/C19H17ClN2O2/c20-16-11-15(5-3-14(16)12-21)22-7-1-2-17(22)13-4-6-18-19(10-13)24-9-8-23-18/h3-6,10-11,17H,1-2,7-9H2. The summed E-state index contributed by atoms with van der Waals surface area (Å²) in [4.78, 5) is 2.35. The topological polar surface area (TPSA) is 45.5 Å². The minimum atomic E-state index is 0.282. The van der Waals surface area contributed by atoms with E-state index in [1.807, 2.05) is 18.2 Å². The van der Waals surface area contributed by atoms with Gasteiger partial charge in [-0.05, 0) is 48.7 Å². The maximum Gasteiger partial charge on any atom is 0.161 e. The van der Waals surface area contributed by atoms with Crippen LogP contribution in [0.15, 0.2) is 36.4 Å². The minimum absolute atomic E-state index is 0.282. The Balaban J connectivity index is 1.65. The Bertz CT molecular complexity index is 815. The second-order valence-corrected chi connectivity index (χ2v) is 6.44. The van der Waals surface area contributed by atoms with Gasteiger partial charge in [0.2, 0.25) is 0 Å². The molecule has 4 nitrogen and oxygen atoms in total. The van der Waals surface area contributed by atoms with Crippen molar-refractivity contribution in [2.45, 2.75) is 18.9 Å². The van der Waals surface area contributed by atoms with Gasteiger partial charge in [0.15, 0.2) is 11.5 Å². The summed E-state index contributed by atoms with van der Waals surface area (Å²) in [6.45, 7) is 2.17. The van der Waals surface area contributed by atoms with Crippen LogP contribution in [0.4, 0.5) is 5.69 Å². The average Bonchev–Trinajstić information content (AvgIpc) is 3.11. The molecule has 0 N–H and O–H groups in total. The van der Waals surface area contributed by atoms with Crippen molar-refractivity contribution in [3.8, 4) is 17.6 Å². The number of hydrogen-bond acceptors (Lipinski definition) is 4. The molecule has 4 rings (SSSR count). The van der Waals surface area contributed by atoms with Gasteiger partial charge in [0, 0.05) is 12.2 Å². The number of hydrogen-bond donors (Lipinski definition) is 0. The fraction of sp³-hybridized carbons (Fsp3) is 0.316. The summed E-state index contributed by atoms with van der Waals surface area (Å²) in [5.74, 6) is 1.64. The molecule has 2 heterocycles. The van der Waals surface area contributed by atoms with Gasteiger partial charge in [-0.3, -0.25) is 0 Å². The molecule has 0 amide bonds. The molecule has 1 saturated heterocycles. The number of anilines is 1. The molecule has 0 radical (unpaired) electrons. The first-order valence-electron chi connectivity index (χ1n) is 8.12. The minimum Gasteiger partial charge on any atom is -0.486 e. The monoisotopic (exact) mass is 340 g/mol. The maximum absolute atomic E-state index is 9.04. The smallest absolute Gasteiger partial charge is 0.161 e. The van der Waals surface area contributed by atoms with Crippen LogP contribution in [0.5, 0.6) is 11.5 Å². The Morgan fingerprint density at radius 1 is 1.08 bits per heavy atom. The van der Waals surface area contributed by atoms with Crippen LogP contribution in [0.1, 0.15) is 30.0 Å². The fourth-order valence-electron chi connectivity index (χ4n) is 3.46. The van der Waals surface area contributed by atoms with E-state index < -0.39 is 0 Å². The van der Waals surface area contributed by atoms with Crippen molar-refractivity contribution < 1.29 is 9.47 Å². The molecule has 122 valence electrons. The van der Waals surface area contributed by atoms with Crippen LogP contribution in [-0.4, -0.2) is 19.8 Å². The lowest BCUT2D eigenvalue weighted by Crippen LogP contribution is -2.23. The first-order chi connectivity index (χ1) is 11.8. The van der Waals surface area contributed by atoms with Crippen molar-refractivity contribution in [3.63, 3.8) is 0 Å². The largest absolute Gasteiger partial charge is 0.486 e. The third kappa shape index (κ3) is 2.65. The summed E-state index contributed by atoms with van der Waals surface area (Å²) in [6.07, 6.45) is 2.20. The van der Waals surface area contributed by atoms with Crippen LogP contribution >= 0.6 is 11.6 Å². The van der Waals surface area contributed by atoms with Gasteiger partial charge in [-0.15, -0.1) is 0 Å². The van der Waals surface area contributed by atoms with Crippen LogP contribution in [-0.2, 0) is 0 Å². The first kappa shape index (κ1) is 15.2. The SMILES string of the molecule is N#Cc1ccc(N2CCCC2c2ccc3c(c2)OCCO3)cc1Cl. The van der Waals surface area contributed by atoms with Crippen molar-refractivity contribution >= 4 is 17.3 Å². The summed E-state index contributed by atoms with van der Waals surface area (Å²) in [7, 11) is 0. The zero-order valence-corrected chi connectivity index (χ0v) is 13.9. The molecule has 1 unspecified atom stereocenters. The molecule has 5 heteroatoms. The van der Waals surface area contributed by atoms with Gasteiger partial charge >= 0.3 is 0 Å². The van der Waals surface area contributed by atoms with Gasteiger partial charge in [-0.1, -0.05) is 17.7 Å². The highest BCUT2D eigenvalue weighted by atomic mass is 35.5. The van der Waals surface area contributed by atoms with E-state index in [2.05, 4.69) is 23.1 Å².